The zero-order valence-electron chi connectivity index (χ0n) is 17.7. The number of halogens is 2. The minimum atomic E-state index is -0.839. The van der Waals surface area contributed by atoms with Gasteiger partial charge in [-0.05, 0) is 37.0 Å². The molecule has 1 atom stereocenters. The van der Waals surface area contributed by atoms with Crippen molar-refractivity contribution in [2.75, 3.05) is 57.2 Å². The first-order valence-corrected chi connectivity index (χ1v) is 11.3. The van der Waals surface area contributed by atoms with Crippen LogP contribution in [-0.2, 0) is 14.3 Å². The number of amides is 3. The number of nitrogens with one attached hydrogen (secondary N) is 2. The van der Waals surface area contributed by atoms with Gasteiger partial charge in [-0.15, -0.1) is 0 Å². The first-order chi connectivity index (χ1) is 14.8. The predicted molar refractivity (Wildman–Crippen MR) is 115 cm³/mol. The van der Waals surface area contributed by atoms with Crippen LogP contribution in [0.4, 0.5) is 19.3 Å². The molecular weight excluding hydrogens is 430 g/mol. The lowest BCUT2D eigenvalue weighted by molar-refractivity contribution is -0.142. The number of hydrogen-bond donors (Lipinski definition) is 2. The molecule has 11 heteroatoms. The Kier molecular flexibility index (Phi) is 9.99. The smallest absolute Gasteiger partial charge is 0.328 e. The van der Waals surface area contributed by atoms with E-state index in [1.165, 1.54) is 13.2 Å². The number of urea groups is 1. The number of benzene rings is 1. The normalized spacial score (nSPS) is 15.7. The average molecular weight is 459 g/mol. The molecule has 1 aliphatic heterocycles. The van der Waals surface area contributed by atoms with Crippen molar-refractivity contribution in [2.24, 2.45) is 0 Å². The average Bonchev–Trinajstić information content (AvgIpc) is 2.98. The highest BCUT2D eigenvalue weighted by molar-refractivity contribution is 7.98. The molecule has 0 spiro atoms. The summed E-state index contributed by atoms with van der Waals surface area (Å²) < 4.78 is 31.5. The number of carbonyl (C=O) groups excluding carboxylic acids is 3. The molecule has 8 nitrogen and oxygen atoms in total. The van der Waals surface area contributed by atoms with Gasteiger partial charge in [0.2, 0.25) is 5.91 Å². The number of thioether (sulfide) groups is 1. The zero-order valence-corrected chi connectivity index (χ0v) is 18.5. The lowest BCUT2D eigenvalue weighted by Crippen LogP contribution is -2.49. The number of anilines is 1. The highest BCUT2D eigenvalue weighted by atomic mass is 32.2. The first kappa shape index (κ1) is 24.9. The molecule has 172 valence electrons. The topological polar surface area (TPSA) is 91.0 Å². The van der Waals surface area contributed by atoms with Crippen molar-refractivity contribution < 1.29 is 27.9 Å². The van der Waals surface area contributed by atoms with Crippen LogP contribution >= 0.6 is 11.8 Å². The van der Waals surface area contributed by atoms with E-state index in [2.05, 4.69) is 10.6 Å². The van der Waals surface area contributed by atoms with Gasteiger partial charge in [-0.25, -0.2) is 18.4 Å². The molecule has 1 aromatic rings. The van der Waals surface area contributed by atoms with Crippen LogP contribution < -0.4 is 10.6 Å². The van der Waals surface area contributed by atoms with Crippen LogP contribution in [0.2, 0.25) is 0 Å². The molecule has 0 aliphatic carbocycles. The Hall–Kier alpha value is -2.40. The molecule has 31 heavy (non-hydrogen) atoms. The Morgan fingerprint density at radius 2 is 1.97 bits per heavy atom. The fourth-order valence-corrected chi connectivity index (χ4v) is 3.65. The molecule has 2 N–H and O–H groups in total. The number of hydrogen-bond acceptors (Lipinski definition) is 6. The summed E-state index contributed by atoms with van der Waals surface area (Å²) in [7, 11) is 1.28. The van der Waals surface area contributed by atoms with Gasteiger partial charge in [0.05, 0.1) is 19.3 Å². The molecule has 3 amide bonds. The summed E-state index contributed by atoms with van der Waals surface area (Å²) in [5.41, 5.74) is -0.0821. The van der Waals surface area contributed by atoms with Crippen molar-refractivity contribution in [3.05, 3.63) is 29.8 Å². The van der Waals surface area contributed by atoms with E-state index in [1.54, 1.807) is 16.7 Å². The van der Waals surface area contributed by atoms with E-state index in [0.29, 0.717) is 50.8 Å². The van der Waals surface area contributed by atoms with Gasteiger partial charge < -0.3 is 20.3 Å². The largest absolute Gasteiger partial charge is 0.467 e. The maximum atomic E-state index is 13.7. The Bertz CT molecular complexity index is 784. The molecule has 1 unspecified atom stereocenters. The van der Waals surface area contributed by atoms with Crippen LogP contribution in [-0.4, -0.2) is 85.6 Å². The lowest BCUT2D eigenvalue weighted by atomic mass is 10.2. The van der Waals surface area contributed by atoms with Crippen LogP contribution in [0.15, 0.2) is 18.2 Å². The Morgan fingerprint density at radius 3 is 2.65 bits per heavy atom. The Morgan fingerprint density at radius 1 is 1.19 bits per heavy atom. The lowest BCUT2D eigenvalue weighted by Gasteiger charge is -2.24. The van der Waals surface area contributed by atoms with Gasteiger partial charge in [-0.2, -0.15) is 11.8 Å². The molecular formula is C20H28F2N4O4S. The van der Waals surface area contributed by atoms with Gasteiger partial charge in [0.15, 0.2) is 0 Å². The van der Waals surface area contributed by atoms with E-state index in [0.717, 1.165) is 6.07 Å². The van der Waals surface area contributed by atoms with Crippen molar-refractivity contribution in [3.8, 4) is 0 Å². The molecule has 0 saturated carbocycles. The summed E-state index contributed by atoms with van der Waals surface area (Å²) >= 11 is 1.57. The van der Waals surface area contributed by atoms with Gasteiger partial charge in [-0.3, -0.25) is 9.69 Å². The summed E-state index contributed by atoms with van der Waals surface area (Å²) in [5, 5.41) is 5.16. The highest BCUT2D eigenvalue weighted by Crippen LogP contribution is 2.15. The third-order valence-electron chi connectivity index (χ3n) is 4.84. The van der Waals surface area contributed by atoms with Gasteiger partial charge in [0.1, 0.15) is 17.7 Å². The summed E-state index contributed by atoms with van der Waals surface area (Å²) in [6.07, 6.45) is 3.03. The summed E-state index contributed by atoms with van der Waals surface area (Å²) in [4.78, 5) is 40.2. The third kappa shape index (κ3) is 7.98. The number of esters is 1. The van der Waals surface area contributed by atoms with Gasteiger partial charge in [-0.1, -0.05) is 0 Å². The number of carbonyl (C=O) groups is 3. The molecule has 1 saturated heterocycles. The van der Waals surface area contributed by atoms with E-state index in [4.69, 9.17) is 4.74 Å². The fourth-order valence-electron chi connectivity index (χ4n) is 3.18. The summed E-state index contributed by atoms with van der Waals surface area (Å²) in [6.45, 7) is 1.90. The second-order valence-electron chi connectivity index (χ2n) is 7.10. The molecule has 1 fully saturated rings. The minimum absolute atomic E-state index is 0.0186. The Labute approximate surface area is 184 Å². The van der Waals surface area contributed by atoms with Crippen LogP contribution in [0.1, 0.15) is 12.8 Å². The SMILES string of the molecule is COC(=O)C(CCSC)NC(=O)N1CCCN(CC(=O)Nc2ccc(F)cc2F)CC1. The van der Waals surface area contributed by atoms with Gasteiger partial charge >= 0.3 is 12.0 Å². The molecule has 0 radical (unpaired) electrons. The Balaban J connectivity index is 1.85. The van der Waals surface area contributed by atoms with Crippen LogP contribution in [0.3, 0.4) is 0 Å². The van der Waals surface area contributed by atoms with Gasteiger partial charge in [0.25, 0.3) is 0 Å². The molecule has 1 aromatic carbocycles. The number of rotatable bonds is 8. The molecule has 0 bridgehead atoms. The molecule has 2 rings (SSSR count). The molecule has 1 heterocycles. The van der Waals surface area contributed by atoms with Crippen LogP contribution in [0, 0.1) is 11.6 Å². The quantitative estimate of drug-likeness (QED) is 0.579. The predicted octanol–water partition coefficient (Wildman–Crippen LogP) is 1.92. The van der Waals surface area contributed by atoms with E-state index in [9.17, 15) is 23.2 Å². The van der Waals surface area contributed by atoms with Crippen molar-refractivity contribution in [1.29, 1.82) is 0 Å². The standard InChI is InChI=1S/C20H28F2N4O4S/c1-30-19(28)17(6-11-31-2)24-20(29)26-8-3-7-25(9-10-26)13-18(27)23-16-5-4-14(21)12-15(16)22/h4-5,12,17H,3,6-11,13H2,1-2H3,(H,23,27)(H,24,29). The number of nitrogens with zero attached hydrogens (tertiary/aromatic N) is 2. The molecule has 0 aromatic heterocycles. The third-order valence-corrected chi connectivity index (χ3v) is 5.49. The van der Waals surface area contributed by atoms with E-state index >= 15 is 0 Å². The summed E-state index contributed by atoms with van der Waals surface area (Å²) in [5.74, 6) is -1.76. The monoisotopic (exact) mass is 458 g/mol. The highest BCUT2D eigenvalue weighted by Gasteiger charge is 2.26. The minimum Gasteiger partial charge on any atom is -0.467 e. The summed E-state index contributed by atoms with van der Waals surface area (Å²) in [6, 6.07) is 1.89. The molecule has 1 aliphatic rings. The zero-order chi connectivity index (χ0) is 22.8. The van der Waals surface area contributed by atoms with E-state index in [-0.39, 0.29) is 18.3 Å². The fraction of sp³-hybridized carbons (Fsp3) is 0.550. The van der Waals surface area contributed by atoms with Crippen LogP contribution in [0.25, 0.3) is 0 Å². The second kappa shape index (κ2) is 12.5. The maximum absolute atomic E-state index is 13.7. The number of methoxy groups -OCH3 is 1. The van der Waals surface area contributed by atoms with Gasteiger partial charge in [0, 0.05) is 32.2 Å². The maximum Gasteiger partial charge on any atom is 0.328 e. The van der Waals surface area contributed by atoms with Crippen LogP contribution in [0.5, 0.6) is 0 Å². The van der Waals surface area contributed by atoms with Crippen molar-refractivity contribution >= 4 is 35.4 Å². The van der Waals surface area contributed by atoms with Crippen molar-refractivity contribution in [3.63, 3.8) is 0 Å². The second-order valence-corrected chi connectivity index (χ2v) is 8.08. The van der Waals surface area contributed by atoms with Crippen molar-refractivity contribution in [2.45, 2.75) is 18.9 Å². The van der Waals surface area contributed by atoms with Crippen molar-refractivity contribution in [1.82, 2.24) is 15.1 Å². The van der Waals surface area contributed by atoms with E-state index < -0.39 is 29.6 Å². The van der Waals surface area contributed by atoms with E-state index in [1.807, 2.05) is 11.2 Å². The first-order valence-electron chi connectivity index (χ1n) is 9.93. The number of ether oxygens (including phenoxy) is 1.